The average molecular weight is 270 g/mol. The standard InChI is InChI=1S/C15H18N4O/c1-2-12-16-14(19-18-12)15(20)17-13(11-8-9-11)10-6-4-3-5-7-10/h3-7,11,13H,2,8-9H2,1H3,(H,17,20)(H,16,18,19). The molecule has 1 amide bonds. The molecule has 1 saturated carbocycles. The fraction of sp³-hybridized carbons (Fsp3) is 0.400. The number of carbonyl (C=O) groups excluding carboxylic acids is 1. The number of H-pyrrole nitrogens is 1. The Hall–Kier alpha value is -2.17. The van der Waals surface area contributed by atoms with E-state index in [1.165, 1.54) is 0 Å². The van der Waals surface area contributed by atoms with Crippen LogP contribution in [0.1, 0.15) is 47.8 Å². The van der Waals surface area contributed by atoms with Gasteiger partial charge in [0.25, 0.3) is 5.91 Å². The lowest BCUT2D eigenvalue weighted by Gasteiger charge is -2.17. The zero-order chi connectivity index (χ0) is 13.9. The van der Waals surface area contributed by atoms with Gasteiger partial charge in [0.2, 0.25) is 5.82 Å². The van der Waals surface area contributed by atoms with E-state index in [1.54, 1.807) is 0 Å². The molecule has 1 aromatic heterocycles. The number of amides is 1. The Labute approximate surface area is 117 Å². The Morgan fingerprint density at radius 2 is 2.15 bits per heavy atom. The van der Waals surface area contributed by atoms with Crippen LogP contribution in [0.15, 0.2) is 30.3 Å². The van der Waals surface area contributed by atoms with Crippen molar-refractivity contribution in [3.63, 3.8) is 0 Å². The Balaban J connectivity index is 1.75. The van der Waals surface area contributed by atoms with Crippen LogP contribution in [-0.4, -0.2) is 21.1 Å². The van der Waals surface area contributed by atoms with Crippen LogP contribution in [0.3, 0.4) is 0 Å². The van der Waals surface area contributed by atoms with Crippen LogP contribution in [-0.2, 0) is 6.42 Å². The second-order valence-corrected chi connectivity index (χ2v) is 5.16. The fourth-order valence-corrected chi connectivity index (χ4v) is 2.32. The summed E-state index contributed by atoms with van der Waals surface area (Å²) in [5.41, 5.74) is 1.15. The van der Waals surface area contributed by atoms with Crippen molar-refractivity contribution in [3.8, 4) is 0 Å². The van der Waals surface area contributed by atoms with E-state index in [-0.39, 0.29) is 17.8 Å². The maximum atomic E-state index is 12.2. The quantitative estimate of drug-likeness (QED) is 0.875. The predicted molar refractivity (Wildman–Crippen MR) is 75.1 cm³/mol. The van der Waals surface area contributed by atoms with E-state index in [9.17, 15) is 4.79 Å². The van der Waals surface area contributed by atoms with E-state index in [4.69, 9.17) is 0 Å². The van der Waals surface area contributed by atoms with Crippen LogP contribution in [0.4, 0.5) is 0 Å². The number of aromatic amines is 1. The molecule has 1 heterocycles. The zero-order valence-electron chi connectivity index (χ0n) is 11.5. The van der Waals surface area contributed by atoms with Crippen LogP contribution >= 0.6 is 0 Å². The summed E-state index contributed by atoms with van der Waals surface area (Å²) in [4.78, 5) is 16.4. The highest BCUT2D eigenvalue weighted by molar-refractivity contribution is 5.90. The van der Waals surface area contributed by atoms with Gasteiger partial charge in [-0.05, 0) is 24.3 Å². The minimum atomic E-state index is -0.207. The molecule has 1 atom stereocenters. The summed E-state index contributed by atoms with van der Waals surface area (Å²) >= 11 is 0. The summed E-state index contributed by atoms with van der Waals surface area (Å²) in [6, 6.07) is 10.2. The molecule has 0 radical (unpaired) electrons. The number of aromatic nitrogens is 3. The first-order chi connectivity index (χ1) is 9.78. The predicted octanol–water partition coefficient (Wildman–Crippen LogP) is 2.25. The molecule has 20 heavy (non-hydrogen) atoms. The van der Waals surface area contributed by atoms with E-state index in [2.05, 4.69) is 32.6 Å². The summed E-state index contributed by atoms with van der Waals surface area (Å²) in [6.45, 7) is 1.97. The van der Waals surface area contributed by atoms with Crippen molar-refractivity contribution in [2.75, 3.05) is 0 Å². The number of aryl methyl sites for hydroxylation is 1. The SMILES string of the molecule is CCc1nc(C(=O)NC(c2ccccc2)C2CC2)n[nH]1. The highest BCUT2D eigenvalue weighted by Crippen LogP contribution is 2.40. The molecule has 0 aliphatic heterocycles. The molecule has 5 nitrogen and oxygen atoms in total. The first-order valence-corrected chi connectivity index (χ1v) is 7.05. The van der Waals surface area contributed by atoms with E-state index in [0.29, 0.717) is 5.92 Å². The minimum absolute atomic E-state index is 0.0623. The van der Waals surface area contributed by atoms with Crippen LogP contribution in [0.25, 0.3) is 0 Å². The first-order valence-electron chi connectivity index (χ1n) is 7.05. The molecule has 3 rings (SSSR count). The molecular formula is C15H18N4O. The molecular weight excluding hydrogens is 252 g/mol. The maximum Gasteiger partial charge on any atom is 0.291 e. The molecule has 0 spiro atoms. The number of hydrogen-bond acceptors (Lipinski definition) is 3. The van der Waals surface area contributed by atoms with Gasteiger partial charge in [0, 0.05) is 6.42 Å². The van der Waals surface area contributed by atoms with Crippen molar-refractivity contribution in [2.24, 2.45) is 5.92 Å². The van der Waals surface area contributed by atoms with Crippen molar-refractivity contribution in [1.29, 1.82) is 0 Å². The third-order valence-electron chi connectivity index (χ3n) is 3.61. The Morgan fingerprint density at radius 1 is 1.40 bits per heavy atom. The minimum Gasteiger partial charge on any atom is -0.342 e. The van der Waals surface area contributed by atoms with Gasteiger partial charge in [0.15, 0.2) is 0 Å². The summed E-state index contributed by atoms with van der Waals surface area (Å²) in [7, 11) is 0. The van der Waals surface area contributed by atoms with Crippen LogP contribution in [0.2, 0.25) is 0 Å². The zero-order valence-corrected chi connectivity index (χ0v) is 11.5. The summed E-state index contributed by atoms with van der Waals surface area (Å²) in [6.07, 6.45) is 3.06. The monoisotopic (exact) mass is 270 g/mol. The van der Waals surface area contributed by atoms with E-state index in [1.807, 2.05) is 25.1 Å². The van der Waals surface area contributed by atoms with Crippen molar-refractivity contribution >= 4 is 5.91 Å². The van der Waals surface area contributed by atoms with Gasteiger partial charge in [0.1, 0.15) is 5.82 Å². The molecule has 1 fully saturated rings. The van der Waals surface area contributed by atoms with Gasteiger partial charge in [-0.2, -0.15) is 0 Å². The number of rotatable bonds is 5. The lowest BCUT2D eigenvalue weighted by molar-refractivity contribution is 0.0921. The van der Waals surface area contributed by atoms with Gasteiger partial charge in [-0.3, -0.25) is 9.89 Å². The molecule has 5 heteroatoms. The highest BCUT2D eigenvalue weighted by Gasteiger charge is 2.34. The summed E-state index contributed by atoms with van der Waals surface area (Å²) < 4.78 is 0. The number of benzene rings is 1. The van der Waals surface area contributed by atoms with Gasteiger partial charge in [-0.25, -0.2) is 4.98 Å². The third-order valence-corrected chi connectivity index (χ3v) is 3.61. The Morgan fingerprint density at radius 3 is 2.75 bits per heavy atom. The summed E-state index contributed by atoms with van der Waals surface area (Å²) in [5.74, 6) is 1.29. The largest absolute Gasteiger partial charge is 0.342 e. The Kier molecular flexibility index (Phi) is 3.50. The van der Waals surface area contributed by atoms with Crippen LogP contribution in [0, 0.1) is 5.92 Å². The number of hydrogen-bond donors (Lipinski definition) is 2. The molecule has 104 valence electrons. The smallest absolute Gasteiger partial charge is 0.291 e. The van der Waals surface area contributed by atoms with Gasteiger partial charge < -0.3 is 5.32 Å². The lowest BCUT2D eigenvalue weighted by atomic mass is 10.0. The van der Waals surface area contributed by atoms with Gasteiger partial charge in [0.05, 0.1) is 6.04 Å². The first kappa shape index (κ1) is 12.8. The molecule has 0 saturated heterocycles. The van der Waals surface area contributed by atoms with Crippen LogP contribution < -0.4 is 5.32 Å². The second-order valence-electron chi connectivity index (χ2n) is 5.16. The van der Waals surface area contributed by atoms with E-state index in [0.717, 1.165) is 30.7 Å². The van der Waals surface area contributed by atoms with Gasteiger partial charge in [-0.15, -0.1) is 5.10 Å². The molecule has 1 aliphatic carbocycles. The normalized spacial score (nSPS) is 15.8. The molecule has 1 aromatic carbocycles. The molecule has 1 unspecified atom stereocenters. The topological polar surface area (TPSA) is 70.7 Å². The molecule has 1 aliphatic rings. The van der Waals surface area contributed by atoms with Crippen molar-refractivity contribution in [2.45, 2.75) is 32.2 Å². The molecule has 2 N–H and O–H groups in total. The molecule has 2 aromatic rings. The number of nitrogens with zero attached hydrogens (tertiary/aromatic N) is 2. The van der Waals surface area contributed by atoms with Gasteiger partial charge >= 0.3 is 0 Å². The van der Waals surface area contributed by atoms with Gasteiger partial charge in [-0.1, -0.05) is 37.3 Å². The average Bonchev–Trinajstić information content (AvgIpc) is 3.21. The van der Waals surface area contributed by atoms with Crippen molar-refractivity contribution < 1.29 is 4.79 Å². The van der Waals surface area contributed by atoms with Crippen molar-refractivity contribution in [3.05, 3.63) is 47.5 Å². The third kappa shape index (κ3) is 2.71. The van der Waals surface area contributed by atoms with Crippen molar-refractivity contribution in [1.82, 2.24) is 20.5 Å². The summed E-state index contributed by atoms with van der Waals surface area (Å²) in [5, 5.41) is 9.80. The maximum absolute atomic E-state index is 12.2. The van der Waals surface area contributed by atoms with E-state index >= 15 is 0 Å². The Bertz CT molecular complexity index is 589. The lowest BCUT2D eigenvalue weighted by Crippen LogP contribution is -2.30. The highest BCUT2D eigenvalue weighted by atomic mass is 16.2. The van der Waals surface area contributed by atoms with Crippen LogP contribution in [0.5, 0.6) is 0 Å². The second kappa shape index (κ2) is 5.45. The number of nitrogens with one attached hydrogen (secondary N) is 2. The van der Waals surface area contributed by atoms with E-state index < -0.39 is 0 Å². The number of carbonyl (C=O) groups is 1. The molecule has 0 bridgehead atoms. The fourth-order valence-electron chi connectivity index (χ4n) is 2.32.